The van der Waals surface area contributed by atoms with E-state index in [1.54, 1.807) is 24.3 Å². The smallest absolute Gasteiger partial charge is 0.271 e. The van der Waals surface area contributed by atoms with Crippen LogP contribution in [-0.2, 0) is 34.3 Å². The number of aliphatic hydroxyl groups excluding tert-OH is 1. The zero-order valence-corrected chi connectivity index (χ0v) is 18.1. The predicted octanol–water partition coefficient (Wildman–Crippen LogP) is 0.453. The van der Waals surface area contributed by atoms with E-state index in [0.717, 1.165) is 6.07 Å². The third-order valence-corrected chi connectivity index (χ3v) is 5.51. The first-order valence-electron chi connectivity index (χ1n) is 9.25. The second-order valence-electron chi connectivity index (χ2n) is 6.76. The molecule has 3 rings (SSSR count). The molecule has 2 heterocycles. The number of nitrogens with one attached hydrogen (secondary N) is 3. The number of carbonyl (C=O) groups is 2. The minimum absolute atomic E-state index is 0.0633. The van der Waals surface area contributed by atoms with Crippen molar-refractivity contribution >= 4 is 33.4 Å². The maximum absolute atomic E-state index is 12.4. The molecule has 3 aromatic rings. The van der Waals surface area contributed by atoms with Crippen molar-refractivity contribution < 1.29 is 27.5 Å². The molecule has 0 fully saturated rings. The third-order valence-electron chi connectivity index (χ3n) is 4.47. The van der Waals surface area contributed by atoms with Gasteiger partial charge in [-0.25, -0.2) is 18.5 Å². The number of primary sulfonamides is 1. The third kappa shape index (κ3) is 5.95. The fourth-order valence-corrected chi connectivity index (χ4v) is 3.56. The number of aliphatic hydroxyl groups is 1. The quantitative estimate of drug-likeness (QED) is 0.294. The van der Waals surface area contributed by atoms with Crippen molar-refractivity contribution in [3.05, 3.63) is 70.5 Å². The number of carbonyl (C=O) groups excluding carboxylic acids is 2. The van der Waals surface area contributed by atoms with E-state index in [4.69, 9.17) is 21.2 Å². The largest absolute Gasteiger partial charge is 0.431 e. The van der Waals surface area contributed by atoms with Crippen LogP contribution in [0.2, 0.25) is 5.22 Å². The molecule has 170 valence electrons. The van der Waals surface area contributed by atoms with Crippen LogP contribution in [-0.4, -0.2) is 41.4 Å². The molecule has 1 atom stereocenters. The Balaban J connectivity index is 1.60. The van der Waals surface area contributed by atoms with Gasteiger partial charge in [0.05, 0.1) is 11.9 Å². The molecule has 0 unspecified atom stereocenters. The van der Waals surface area contributed by atoms with Gasteiger partial charge in [-0.15, -0.1) is 0 Å². The SMILES string of the molecule is NS(=O)(=O)c1cc(C(=O)NCc2ccccc2CNC(=O)[C@H](O)Cc2cnc[nH]2)c(Cl)o1. The lowest BCUT2D eigenvalue weighted by Crippen LogP contribution is -2.36. The standard InChI is InChI=1S/C19H20ClN5O6S/c20-17-14(6-16(31-17)32(21,29)30)18(27)23-7-11-3-1-2-4-12(11)8-24-19(28)15(26)5-13-9-22-10-25-13/h1-4,6,9-10,15,26H,5,7-8H2,(H,22,25)(H,23,27)(H,24,28)(H2,21,29,30)/t15-/m1/s1. The normalized spacial score (nSPS) is 12.3. The first kappa shape index (κ1) is 23.5. The van der Waals surface area contributed by atoms with E-state index in [2.05, 4.69) is 20.6 Å². The molecule has 11 nitrogen and oxygen atoms in total. The van der Waals surface area contributed by atoms with Crippen molar-refractivity contribution in [1.29, 1.82) is 0 Å². The second-order valence-corrected chi connectivity index (χ2v) is 8.60. The Bertz CT molecular complexity index is 1210. The van der Waals surface area contributed by atoms with E-state index < -0.39 is 38.3 Å². The van der Waals surface area contributed by atoms with Crippen LogP contribution < -0.4 is 15.8 Å². The average molecular weight is 482 g/mol. The van der Waals surface area contributed by atoms with Crippen LogP contribution in [0.4, 0.5) is 0 Å². The Morgan fingerprint density at radius 3 is 2.44 bits per heavy atom. The van der Waals surface area contributed by atoms with Crippen LogP contribution in [0, 0.1) is 0 Å². The highest BCUT2D eigenvalue weighted by atomic mass is 35.5. The summed E-state index contributed by atoms with van der Waals surface area (Å²) < 4.78 is 27.5. The molecule has 0 bridgehead atoms. The average Bonchev–Trinajstić information content (AvgIpc) is 3.40. The van der Waals surface area contributed by atoms with Gasteiger partial charge in [0.15, 0.2) is 0 Å². The summed E-state index contributed by atoms with van der Waals surface area (Å²) >= 11 is 5.80. The van der Waals surface area contributed by atoms with E-state index >= 15 is 0 Å². The van der Waals surface area contributed by atoms with Crippen LogP contribution in [0.15, 0.2) is 52.4 Å². The minimum atomic E-state index is -4.15. The van der Waals surface area contributed by atoms with Crippen molar-refractivity contribution in [3.63, 3.8) is 0 Å². The molecule has 2 amide bonds. The van der Waals surface area contributed by atoms with Gasteiger partial charge >= 0.3 is 0 Å². The molecule has 0 aliphatic heterocycles. The van der Waals surface area contributed by atoms with Crippen LogP contribution in [0.3, 0.4) is 0 Å². The lowest BCUT2D eigenvalue weighted by Gasteiger charge is -2.13. The summed E-state index contributed by atoms with van der Waals surface area (Å²) in [5.41, 5.74) is 1.84. The second kappa shape index (κ2) is 9.96. The number of nitrogens with two attached hydrogens (primary N) is 1. The van der Waals surface area contributed by atoms with Gasteiger partial charge in [-0.1, -0.05) is 24.3 Å². The summed E-state index contributed by atoms with van der Waals surface area (Å²) in [7, 11) is -4.15. The van der Waals surface area contributed by atoms with Gasteiger partial charge in [-0.2, -0.15) is 0 Å². The van der Waals surface area contributed by atoms with Crippen molar-refractivity contribution in [2.24, 2.45) is 5.14 Å². The Hall–Kier alpha value is -3.19. The molecule has 1 aromatic carbocycles. The Labute approximate surface area is 188 Å². The molecule has 2 aromatic heterocycles. The van der Waals surface area contributed by atoms with Crippen molar-refractivity contribution in [2.75, 3.05) is 0 Å². The van der Waals surface area contributed by atoms with Crippen molar-refractivity contribution in [1.82, 2.24) is 20.6 Å². The van der Waals surface area contributed by atoms with Gasteiger partial charge < -0.3 is 25.1 Å². The van der Waals surface area contributed by atoms with E-state index in [0.29, 0.717) is 16.8 Å². The van der Waals surface area contributed by atoms with Crippen LogP contribution in [0.1, 0.15) is 27.2 Å². The van der Waals surface area contributed by atoms with E-state index in [1.165, 1.54) is 12.5 Å². The van der Waals surface area contributed by atoms with Gasteiger partial charge in [0.1, 0.15) is 6.10 Å². The molecule has 0 aliphatic rings. The molecular formula is C19H20ClN5O6S. The summed E-state index contributed by atoms with van der Waals surface area (Å²) in [4.78, 5) is 31.2. The lowest BCUT2D eigenvalue weighted by atomic mass is 10.1. The summed E-state index contributed by atoms with van der Waals surface area (Å²) in [5, 5.41) is 19.2. The zero-order chi connectivity index (χ0) is 23.3. The highest BCUT2D eigenvalue weighted by Crippen LogP contribution is 2.23. The molecule has 6 N–H and O–H groups in total. The number of nitrogens with zero attached hydrogens (tertiary/aromatic N) is 1. The van der Waals surface area contributed by atoms with Crippen LogP contribution in [0.5, 0.6) is 0 Å². The topological polar surface area (TPSA) is 180 Å². The fraction of sp³-hybridized carbons (Fsp3) is 0.211. The Morgan fingerprint density at radius 1 is 1.22 bits per heavy atom. The number of amides is 2. The molecule has 0 aliphatic carbocycles. The lowest BCUT2D eigenvalue weighted by molar-refractivity contribution is -0.129. The Morgan fingerprint density at radius 2 is 1.88 bits per heavy atom. The molecule has 0 saturated carbocycles. The summed E-state index contributed by atoms with van der Waals surface area (Å²) in [6.07, 6.45) is 1.82. The number of imidazole rings is 1. The number of furan rings is 1. The number of rotatable bonds is 9. The van der Waals surface area contributed by atoms with E-state index in [-0.39, 0.29) is 25.1 Å². The van der Waals surface area contributed by atoms with Gasteiger partial charge in [-0.05, 0) is 22.7 Å². The maximum Gasteiger partial charge on any atom is 0.271 e. The highest BCUT2D eigenvalue weighted by Gasteiger charge is 2.22. The summed E-state index contributed by atoms with van der Waals surface area (Å²) in [6, 6.07) is 7.96. The number of hydrogen-bond acceptors (Lipinski definition) is 7. The van der Waals surface area contributed by atoms with Gasteiger partial charge in [0.2, 0.25) is 16.2 Å². The molecule has 0 radical (unpaired) electrons. The molecular weight excluding hydrogens is 462 g/mol. The maximum atomic E-state index is 12.4. The number of aromatic amines is 1. The number of benzene rings is 1. The minimum Gasteiger partial charge on any atom is -0.431 e. The zero-order valence-electron chi connectivity index (χ0n) is 16.5. The monoisotopic (exact) mass is 481 g/mol. The molecule has 0 spiro atoms. The van der Waals surface area contributed by atoms with Gasteiger partial charge in [0, 0.05) is 37.5 Å². The van der Waals surface area contributed by atoms with Crippen LogP contribution >= 0.6 is 11.6 Å². The van der Waals surface area contributed by atoms with Gasteiger partial charge in [0.25, 0.3) is 15.9 Å². The number of hydrogen-bond donors (Lipinski definition) is 5. The van der Waals surface area contributed by atoms with E-state index in [1.807, 2.05) is 0 Å². The molecule has 32 heavy (non-hydrogen) atoms. The summed E-state index contributed by atoms with van der Waals surface area (Å²) in [5.74, 6) is -1.22. The number of H-pyrrole nitrogens is 1. The van der Waals surface area contributed by atoms with Crippen molar-refractivity contribution in [3.8, 4) is 0 Å². The number of halogens is 1. The first-order chi connectivity index (χ1) is 15.1. The van der Waals surface area contributed by atoms with Gasteiger partial charge in [-0.3, -0.25) is 9.59 Å². The molecule has 0 saturated heterocycles. The predicted molar refractivity (Wildman–Crippen MR) is 113 cm³/mol. The van der Waals surface area contributed by atoms with Crippen molar-refractivity contribution in [2.45, 2.75) is 30.7 Å². The fourth-order valence-electron chi connectivity index (χ4n) is 2.81. The van der Waals surface area contributed by atoms with E-state index in [9.17, 15) is 23.1 Å². The number of aromatic nitrogens is 2. The Kier molecular flexibility index (Phi) is 7.30. The highest BCUT2D eigenvalue weighted by molar-refractivity contribution is 7.89. The van der Waals surface area contributed by atoms with Crippen LogP contribution in [0.25, 0.3) is 0 Å². The first-order valence-corrected chi connectivity index (χ1v) is 11.2. The number of sulfonamides is 1. The summed E-state index contributed by atoms with van der Waals surface area (Å²) in [6.45, 7) is 0.181. The molecule has 13 heteroatoms.